The van der Waals surface area contributed by atoms with Crippen LogP contribution in [0.15, 0.2) is 107 Å². The summed E-state index contributed by atoms with van der Waals surface area (Å²) in [4.78, 5) is 37.8. The predicted molar refractivity (Wildman–Crippen MR) is 155 cm³/mol. The molecule has 0 heterocycles. The molecule has 0 saturated carbocycles. The summed E-state index contributed by atoms with van der Waals surface area (Å²) in [5.41, 5.74) is 5.88. The van der Waals surface area contributed by atoms with E-state index in [0.29, 0.717) is 23.6 Å². The van der Waals surface area contributed by atoms with Crippen molar-refractivity contribution < 1.29 is 19.1 Å². The Bertz CT molecular complexity index is 1510. The van der Waals surface area contributed by atoms with Gasteiger partial charge in [-0.1, -0.05) is 76.1 Å². The van der Waals surface area contributed by atoms with Crippen LogP contribution in [0.3, 0.4) is 0 Å². The standard InChI is InChI=1S/C30H25BrN4O4/c1-20-11-14-24(15-12-20)33-28(36)25-9-5-6-10-26(25)34-29(37)30(38)35-32-18-22-17-23(31)13-16-27(22)39-19-21-7-3-2-4-8-21/h2-18H,19H2,1H3,(H,33,36)(H,34,37)(H,35,38)/b32-18+. The van der Waals surface area contributed by atoms with Gasteiger partial charge in [0.15, 0.2) is 0 Å². The van der Waals surface area contributed by atoms with Crippen molar-refractivity contribution in [3.05, 3.63) is 124 Å². The van der Waals surface area contributed by atoms with E-state index in [2.05, 4.69) is 37.1 Å². The van der Waals surface area contributed by atoms with Gasteiger partial charge in [-0.15, -0.1) is 0 Å². The number of rotatable bonds is 8. The van der Waals surface area contributed by atoms with Crippen LogP contribution in [0.2, 0.25) is 0 Å². The van der Waals surface area contributed by atoms with Crippen LogP contribution >= 0.6 is 15.9 Å². The van der Waals surface area contributed by atoms with Crippen LogP contribution in [0.4, 0.5) is 11.4 Å². The third kappa shape index (κ3) is 7.86. The molecular weight excluding hydrogens is 560 g/mol. The van der Waals surface area contributed by atoms with Crippen LogP contribution in [-0.4, -0.2) is 23.9 Å². The number of nitrogens with one attached hydrogen (secondary N) is 3. The summed E-state index contributed by atoms with van der Waals surface area (Å²) >= 11 is 3.41. The number of carbonyl (C=O) groups excluding carboxylic acids is 3. The Morgan fingerprint density at radius 1 is 0.846 bits per heavy atom. The summed E-state index contributed by atoms with van der Waals surface area (Å²) in [6.07, 6.45) is 1.39. The first-order valence-electron chi connectivity index (χ1n) is 12.0. The molecule has 0 spiro atoms. The van der Waals surface area contributed by atoms with Gasteiger partial charge in [-0.3, -0.25) is 14.4 Å². The number of hydrazone groups is 1. The van der Waals surface area contributed by atoms with E-state index in [1.807, 2.05) is 55.5 Å². The van der Waals surface area contributed by atoms with Gasteiger partial charge in [0, 0.05) is 15.7 Å². The van der Waals surface area contributed by atoms with E-state index in [1.165, 1.54) is 12.3 Å². The van der Waals surface area contributed by atoms with E-state index in [1.54, 1.807) is 42.5 Å². The minimum absolute atomic E-state index is 0.190. The second kappa shape index (κ2) is 13.2. The molecule has 196 valence electrons. The van der Waals surface area contributed by atoms with Crippen LogP contribution in [0.25, 0.3) is 0 Å². The molecule has 4 aromatic rings. The van der Waals surface area contributed by atoms with Crippen LogP contribution in [0, 0.1) is 6.92 Å². The fourth-order valence-electron chi connectivity index (χ4n) is 3.50. The first-order valence-corrected chi connectivity index (χ1v) is 12.8. The number of benzene rings is 4. The Morgan fingerprint density at radius 3 is 2.33 bits per heavy atom. The Balaban J connectivity index is 1.38. The van der Waals surface area contributed by atoms with E-state index >= 15 is 0 Å². The zero-order valence-electron chi connectivity index (χ0n) is 21.0. The Kier molecular flexibility index (Phi) is 9.20. The van der Waals surface area contributed by atoms with Crippen LogP contribution in [0.5, 0.6) is 5.75 Å². The van der Waals surface area contributed by atoms with Crippen LogP contribution in [-0.2, 0) is 16.2 Å². The summed E-state index contributed by atoms with van der Waals surface area (Å²) in [7, 11) is 0. The van der Waals surface area contributed by atoms with Gasteiger partial charge in [-0.2, -0.15) is 5.10 Å². The maximum Gasteiger partial charge on any atom is 0.329 e. The molecule has 0 bridgehead atoms. The van der Waals surface area contributed by atoms with Crippen molar-refractivity contribution in [3.63, 3.8) is 0 Å². The largest absolute Gasteiger partial charge is 0.488 e. The number of para-hydroxylation sites is 1. The minimum atomic E-state index is -0.998. The average molecular weight is 585 g/mol. The Hall–Kier alpha value is -4.76. The molecule has 0 radical (unpaired) electrons. The normalized spacial score (nSPS) is 10.6. The molecule has 0 aliphatic carbocycles. The Morgan fingerprint density at radius 2 is 1.56 bits per heavy atom. The molecule has 0 aromatic heterocycles. The molecule has 0 aliphatic rings. The molecule has 4 rings (SSSR count). The van der Waals surface area contributed by atoms with Gasteiger partial charge in [0.2, 0.25) is 0 Å². The molecular formula is C30H25BrN4O4. The zero-order valence-corrected chi connectivity index (χ0v) is 22.6. The predicted octanol–water partition coefficient (Wildman–Crippen LogP) is 5.68. The topological polar surface area (TPSA) is 109 Å². The van der Waals surface area contributed by atoms with Gasteiger partial charge >= 0.3 is 11.8 Å². The molecule has 0 unspecified atom stereocenters. The Labute approximate surface area is 234 Å². The number of hydrogen-bond acceptors (Lipinski definition) is 5. The summed E-state index contributed by atoms with van der Waals surface area (Å²) < 4.78 is 6.70. The molecule has 4 aromatic carbocycles. The average Bonchev–Trinajstić information content (AvgIpc) is 2.94. The molecule has 8 nitrogen and oxygen atoms in total. The minimum Gasteiger partial charge on any atom is -0.488 e. The molecule has 0 aliphatic heterocycles. The second-order valence-electron chi connectivity index (χ2n) is 8.48. The number of anilines is 2. The number of halogens is 1. The van der Waals surface area contributed by atoms with Gasteiger partial charge in [0.25, 0.3) is 5.91 Å². The quantitative estimate of drug-likeness (QED) is 0.141. The van der Waals surface area contributed by atoms with E-state index in [4.69, 9.17) is 4.74 Å². The number of aryl methyl sites for hydroxylation is 1. The van der Waals surface area contributed by atoms with Gasteiger partial charge < -0.3 is 15.4 Å². The SMILES string of the molecule is Cc1ccc(NC(=O)c2ccccc2NC(=O)C(=O)N/N=C/c2cc(Br)ccc2OCc2ccccc2)cc1. The highest BCUT2D eigenvalue weighted by Gasteiger charge is 2.18. The number of nitrogens with zero attached hydrogens (tertiary/aromatic N) is 1. The lowest BCUT2D eigenvalue weighted by Gasteiger charge is -2.11. The van der Waals surface area contributed by atoms with Crippen LogP contribution in [0.1, 0.15) is 27.0 Å². The maximum atomic E-state index is 12.8. The van der Waals surface area contributed by atoms with Crippen molar-refractivity contribution in [1.82, 2.24) is 5.43 Å². The van der Waals surface area contributed by atoms with Gasteiger partial charge in [0.1, 0.15) is 12.4 Å². The maximum absolute atomic E-state index is 12.8. The van der Waals surface area contributed by atoms with E-state index < -0.39 is 17.7 Å². The highest BCUT2D eigenvalue weighted by molar-refractivity contribution is 9.10. The molecule has 0 fully saturated rings. The van der Waals surface area contributed by atoms with Crippen molar-refractivity contribution in [2.75, 3.05) is 10.6 Å². The summed E-state index contributed by atoms with van der Waals surface area (Å²) in [6, 6.07) is 28.8. The summed E-state index contributed by atoms with van der Waals surface area (Å²) in [5.74, 6) is -1.84. The number of amides is 3. The third-order valence-electron chi connectivity index (χ3n) is 5.51. The molecule has 3 N–H and O–H groups in total. The number of ether oxygens (including phenoxy) is 1. The monoisotopic (exact) mass is 584 g/mol. The number of hydrogen-bond donors (Lipinski definition) is 3. The zero-order chi connectivity index (χ0) is 27.6. The lowest BCUT2D eigenvalue weighted by Crippen LogP contribution is -2.33. The fraction of sp³-hybridized carbons (Fsp3) is 0.0667. The van der Waals surface area contributed by atoms with Crippen molar-refractivity contribution >= 4 is 51.2 Å². The van der Waals surface area contributed by atoms with Crippen LogP contribution < -0.4 is 20.8 Å². The first-order chi connectivity index (χ1) is 18.9. The van der Waals surface area contributed by atoms with E-state index in [9.17, 15) is 14.4 Å². The lowest BCUT2D eigenvalue weighted by molar-refractivity contribution is -0.136. The lowest BCUT2D eigenvalue weighted by atomic mass is 10.1. The summed E-state index contributed by atoms with van der Waals surface area (Å²) in [6.45, 7) is 2.30. The molecule has 0 saturated heterocycles. The molecule has 0 atom stereocenters. The van der Waals surface area contributed by atoms with Gasteiger partial charge in [0.05, 0.1) is 17.5 Å². The molecule has 39 heavy (non-hydrogen) atoms. The summed E-state index contributed by atoms with van der Waals surface area (Å²) in [5, 5.41) is 9.17. The van der Waals surface area contributed by atoms with E-state index in [0.717, 1.165) is 15.6 Å². The smallest absolute Gasteiger partial charge is 0.329 e. The number of carbonyl (C=O) groups is 3. The van der Waals surface area contributed by atoms with Crippen molar-refractivity contribution in [3.8, 4) is 5.75 Å². The highest BCUT2D eigenvalue weighted by atomic mass is 79.9. The van der Waals surface area contributed by atoms with Gasteiger partial charge in [-0.25, -0.2) is 5.43 Å². The molecule has 9 heteroatoms. The highest BCUT2D eigenvalue weighted by Crippen LogP contribution is 2.23. The first kappa shape index (κ1) is 27.3. The van der Waals surface area contributed by atoms with Gasteiger partial charge in [-0.05, 0) is 55.0 Å². The fourth-order valence-corrected chi connectivity index (χ4v) is 3.88. The third-order valence-corrected chi connectivity index (χ3v) is 6.01. The molecule has 3 amide bonds. The van der Waals surface area contributed by atoms with Crippen molar-refractivity contribution in [2.45, 2.75) is 13.5 Å². The van der Waals surface area contributed by atoms with Crippen molar-refractivity contribution in [1.29, 1.82) is 0 Å². The van der Waals surface area contributed by atoms with Crippen molar-refractivity contribution in [2.24, 2.45) is 5.10 Å². The van der Waals surface area contributed by atoms with E-state index in [-0.39, 0.29) is 11.3 Å². The second-order valence-corrected chi connectivity index (χ2v) is 9.39.